The molecule has 2 aliphatic rings. The molecule has 1 saturated heterocycles. The lowest BCUT2D eigenvalue weighted by Gasteiger charge is -2.36. The summed E-state index contributed by atoms with van der Waals surface area (Å²) in [5.41, 5.74) is 0.672. The Balaban J connectivity index is 1.55. The number of para-hydroxylation sites is 2. The number of benzene rings is 1. The summed E-state index contributed by atoms with van der Waals surface area (Å²) in [4.78, 5) is 27.6. The molecule has 2 atom stereocenters. The van der Waals surface area contributed by atoms with Gasteiger partial charge in [0.25, 0.3) is 0 Å². The van der Waals surface area contributed by atoms with Crippen molar-refractivity contribution in [3.8, 4) is 5.75 Å². The summed E-state index contributed by atoms with van der Waals surface area (Å²) in [5, 5.41) is 6.21. The first-order valence-electron chi connectivity index (χ1n) is 10.6. The molecule has 1 aromatic rings. The number of carbonyl (C=O) groups excluding carboxylic acids is 2. The third kappa shape index (κ3) is 5.25. The van der Waals surface area contributed by atoms with Crippen LogP contribution in [0.4, 0.5) is 5.69 Å². The van der Waals surface area contributed by atoms with E-state index in [1.165, 1.54) is 19.3 Å². The second kappa shape index (κ2) is 9.92. The van der Waals surface area contributed by atoms with E-state index in [0.29, 0.717) is 24.0 Å². The minimum absolute atomic E-state index is 0.0304. The van der Waals surface area contributed by atoms with Crippen LogP contribution in [0.2, 0.25) is 0 Å². The first-order valence-corrected chi connectivity index (χ1v) is 10.6. The van der Waals surface area contributed by atoms with Crippen LogP contribution in [0.3, 0.4) is 0 Å². The normalized spacial score (nSPS) is 22.3. The molecule has 3 rings (SSSR count). The Morgan fingerprint density at radius 3 is 2.61 bits per heavy atom. The van der Waals surface area contributed by atoms with E-state index in [1.54, 1.807) is 7.11 Å². The van der Waals surface area contributed by atoms with Crippen molar-refractivity contribution in [2.45, 2.75) is 64.0 Å². The molecule has 2 unspecified atom stereocenters. The Bertz CT molecular complexity index is 673. The molecule has 28 heavy (non-hydrogen) atoms. The summed E-state index contributed by atoms with van der Waals surface area (Å²) in [6.07, 6.45) is 7.73. The summed E-state index contributed by atoms with van der Waals surface area (Å²) in [6, 6.07) is 7.44. The van der Waals surface area contributed by atoms with Crippen LogP contribution >= 0.6 is 0 Å². The molecule has 0 radical (unpaired) electrons. The minimum atomic E-state index is -0.296. The largest absolute Gasteiger partial charge is 0.495 e. The molecule has 2 amide bonds. The predicted molar refractivity (Wildman–Crippen MR) is 110 cm³/mol. The van der Waals surface area contributed by atoms with E-state index in [0.717, 1.165) is 32.2 Å². The highest BCUT2D eigenvalue weighted by Gasteiger charge is 2.32. The summed E-state index contributed by atoms with van der Waals surface area (Å²) in [6.45, 7) is 3.39. The molecule has 1 saturated carbocycles. The number of likely N-dealkylation sites (tertiary alicyclic amines) is 1. The SMILES string of the molecule is COc1ccccc1NC(=O)C(C)N1CCCC(C(=O)NC2CCCCC2)C1. The lowest BCUT2D eigenvalue weighted by atomic mass is 9.92. The van der Waals surface area contributed by atoms with Gasteiger partial charge in [-0.25, -0.2) is 0 Å². The monoisotopic (exact) mass is 387 g/mol. The Labute approximate surface area is 168 Å². The summed E-state index contributed by atoms with van der Waals surface area (Å²) in [5.74, 6) is 0.704. The number of anilines is 1. The highest BCUT2D eigenvalue weighted by Crippen LogP contribution is 2.25. The van der Waals surface area contributed by atoms with Crippen LogP contribution < -0.4 is 15.4 Å². The van der Waals surface area contributed by atoms with Gasteiger partial charge in [0.05, 0.1) is 24.8 Å². The zero-order valence-corrected chi connectivity index (χ0v) is 17.1. The molecule has 0 bridgehead atoms. The minimum Gasteiger partial charge on any atom is -0.495 e. The maximum atomic E-state index is 12.8. The van der Waals surface area contributed by atoms with Crippen molar-refractivity contribution < 1.29 is 14.3 Å². The molecule has 1 aromatic carbocycles. The molecule has 0 spiro atoms. The fraction of sp³-hybridized carbons (Fsp3) is 0.636. The van der Waals surface area contributed by atoms with Crippen molar-refractivity contribution in [1.82, 2.24) is 10.2 Å². The molecule has 0 aromatic heterocycles. The second-order valence-corrected chi connectivity index (χ2v) is 8.04. The summed E-state index contributed by atoms with van der Waals surface area (Å²) in [7, 11) is 1.59. The third-order valence-corrected chi connectivity index (χ3v) is 6.07. The molecular weight excluding hydrogens is 354 g/mol. The van der Waals surface area contributed by atoms with Crippen LogP contribution in [0.25, 0.3) is 0 Å². The maximum absolute atomic E-state index is 12.8. The van der Waals surface area contributed by atoms with Crippen LogP contribution in [0, 0.1) is 5.92 Å². The molecule has 6 heteroatoms. The maximum Gasteiger partial charge on any atom is 0.241 e. The predicted octanol–water partition coefficient (Wildman–Crippen LogP) is 3.18. The molecule has 154 valence electrons. The van der Waals surface area contributed by atoms with Crippen LogP contribution in [-0.2, 0) is 9.59 Å². The quantitative estimate of drug-likeness (QED) is 0.786. The van der Waals surface area contributed by atoms with Crippen molar-refractivity contribution in [2.75, 3.05) is 25.5 Å². The van der Waals surface area contributed by atoms with Crippen molar-refractivity contribution >= 4 is 17.5 Å². The number of hydrogen-bond donors (Lipinski definition) is 2. The van der Waals surface area contributed by atoms with Crippen molar-refractivity contribution in [2.24, 2.45) is 5.92 Å². The smallest absolute Gasteiger partial charge is 0.241 e. The zero-order chi connectivity index (χ0) is 19.9. The van der Waals surface area contributed by atoms with Crippen LogP contribution in [0.1, 0.15) is 51.9 Å². The van der Waals surface area contributed by atoms with Crippen molar-refractivity contribution in [3.05, 3.63) is 24.3 Å². The number of piperidine rings is 1. The van der Waals surface area contributed by atoms with E-state index in [-0.39, 0.29) is 23.8 Å². The highest BCUT2D eigenvalue weighted by atomic mass is 16.5. The van der Waals surface area contributed by atoms with E-state index in [9.17, 15) is 9.59 Å². The average molecular weight is 388 g/mol. The first-order chi connectivity index (χ1) is 13.6. The van der Waals surface area contributed by atoms with Gasteiger partial charge in [0.1, 0.15) is 5.75 Å². The Morgan fingerprint density at radius 1 is 1.11 bits per heavy atom. The van der Waals surface area contributed by atoms with E-state index in [2.05, 4.69) is 15.5 Å². The van der Waals surface area contributed by atoms with E-state index < -0.39 is 0 Å². The lowest BCUT2D eigenvalue weighted by molar-refractivity contribution is -0.130. The number of nitrogens with one attached hydrogen (secondary N) is 2. The number of nitrogens with zero attached hydrogens (tertiary/aromatic N) is 1. The van der Waals surface area contributed by atoms with Gasteiger partial charge >= 0.3 is 0 Å². The first kappa shape index (κ1) is 20.6. The molecule has 6 nitrogen and oxygen atoms in total. The van der Waals surface area contributed by atoms with E-state index >= 15 is 0 Å². The molecule has 1 aliphatic carbocycles. The molecule has 1 aliphatic heterocycles. The Hall–Kier alpha value is -2.08. The third-order valence-electron chi connectivity index (χ3n) is 6.07. The van der Waals surface area contributed by atoms with Gasteiger partial charge in [-0.05, 0) is 51.3 Å². The Kier molecular flexibility index (Phi) is 7.31. The second-order valence-electron chi connectivity index (χ2n) is 8.04. The van der Waals surface area contributed by atoms with Gasteiger partial charge in [0.15, 0.2) is 0 Å². The van der Waals surface area contributed by atoms with Gasteiger partial charge in [0.2, 0.25) is 11.8 Å². The molecular formula is C22H33N3O3. The molecule has 1 heterocycles. The number of ether oxygens (including phenoxy) is 1. The average Bonchev–Trinajstić information content (AvgIpc) is 2.74. The summed E-state index contributed by atoms with van der Waals surface area (Å²) >= 11 is 0. The molecule has 2 fully saturated rings. The zero-order valence-electron chi connectivity index (χ0n) is 17.1. The van der Waals surface area contributed by atoms with Gasteiger partial charge < -0.3 is 15.4 Å². The number of hydrogen-bond acceptors (Lipinski definition) is 4. The van der Waals surface area contributed by atoms with E-state index in [4.69, 9.17) is 4.74 Å². The van der Waals surface area contributed by atoms with Gasteiger partial charge in [0, 0.05) is 12.6 Å². The lowest BCUT2D eigenvalue weighted by Crippen LogP contribution is -2.51. The summed E-state index contributed by atoms with van der Waals surface area (Å²) < 4.78 is 5.31. The topological polar surface area (TPSA) is 70.7 Å². The van der Waals surface area contributed by atoms with Gasteiger partial charge in [-0.15, -0.1) is 0 Å². The Morgan fingerprint density at radius 2 is 1.86 bits per heavy atom. The van der Waals surface area contributed by atoms with Crippen LogP contribution in [0.15, 0.2) is 24.3 Å². The van der Waals surface area contributed by atoms with Gasteiger partial charge in [-0.1, -0.05) is 31.4 Å². The van der Waals surface area contributed by atoms with Gasteiger partial charge in [-0.3, -0.25) is 14.5 Å². The number of rotatable bonds is 6. The van der Waals surface area contributed by atoms with Gasteiger partial charge in [-0.2, -0.15) is 0 Å². The van der Waals surface area contributed by atoms with Crippen LogP contribution in [-0.4, -0.2) is 49.0 Å². The number of methoxy groups -OCH3 is 1. The molecule has 2 N–H and O–H groups in total. The van der Waals surface area contributed by atoms with E-state index in [1.807, 2.05) is 31.2 Å². The van der Waals surface area contributed by atoms with Crippen molar-refractivity contribution in [3.63, 3.8) is 0 Å². The number of amides is 2. The highest BCUT2D eigenvalue weighted by molar-refractivity contribution is 5.95. The van der Waals surface area contributed by atoms with Crippen LogP contribution in [0.5, 0.6) is 5.75 Å². The standard InChI is InChI=1S/C22H33N3O3/c1-16(21(26)24-19-12-6-7-13-20(19)28-2)25-14-8-9-17(15-25)22(27)23-18-10-4-3-5-11-18/h6-7,12-13,16-18H,3-5,8-11,14-15H2,1-2H3,(H,23,27)(H,24,26). The van der Waals surface area contributed by atoms with Crippen molar-refractivity contribution in [1.29, 1.82) is 0 Å². The number of carbonyl (C=O) groups is 2. The fourth-order valence-corrected chi connectivity index (χ4v) is 4.29. The fourth-order valence-electron chi connectivity index (χ4n) is 4.29.